The van der Waals surface area contributed by atoms with E-state index in [1.165, 1.54) is 11.3 Å². The first kappa shape index (κ1) is 21.2. The molecule has 0 aliphatic rings. The van der Waals surface area contributed by atoms with Crippen LogP contribution < -0.4 is 15.8 Å². The predicted molar refractivity (Wildman–Crippen MR) is 90.6 cm³/mol. The number of nitrogens with one attached hydrogen (secondary N) is 1. The number of methoxy groups -OCH3 is 1. The molecule has 1 aromatic carbocycles. The molecule has 26 heavy (non-hydrogen) atoms. The number of halogens is 3. The van der Waals surface area contributed by atoms with Crippen molar-refractivity contribution in [2.45, 2.75) is 20.0 Å². The molecule has 2 rings (SSSR count). The van der Waals surface area contributed by atoms with Crippen molar-refractivity contribution in [3.05, 3.63) is 34.3 Å². The summed E-state index contributed by atoms with van der Waals surface area (Å²) < 4.78 is 37.0. The van der Waals surface area contributed by atoms with Crippen LogP contribution >= 0.6 is 11.3 Å². The summed E-state index contributed by atoms with van der Waals surface area (Å²) in [5.74, 6) is -2.35. The van der Waals surface area contributed by atoms with Crippen LogP contribution in [0.5, 0.6) is 5.75 Å². The summed E-state index contributed by atoms with van der Waals surface area (Å²) in [6, 6.07) is 5.59. The second-order valence-corrected chi connectivity index (χ2v) is 5.91. The third-order valence-electron chi connectivity index (χ3n) is 2.95. The Morgan fingerprint density at radius 2 is 1.88 bits per heavy atom. The molecule has 7 nitrogen and oxygen atoms in total. The molecule has 4 N–H and O–H groups in total. The number of aryl methyl sites for hydroxylation is 2. The SMILES string of the molecule is COc1cccc(C)c1NC(=O)c1sc(N)nc1C.O=C(O)C(F)(F)F. The van der Waals surface area contributed by atoms with Crippen LogP contribution in [0.2, 0.25) is 0 Å². The minimum atomic E-state index is -5.08. The van der Waals surface area contributed by atoms with E-state index in [-0.39, 0.29) is 5.91 Å². The summed E-state index contributed by atoms with van der Waals surface area (Å²) in [4.78, 5) is 25.7. The molecule has 0 aliphatic heterocycles. The maximum Gasteiger partial charge on any atom is 0.490 e. The van der Waals surface area contributed by atoms with E-state index in [1.807, 2.05) is 19.1 Å². The van der Waals surface area contributed by atoms with Gasteiger partial charge in [0.05, 0.1) is 18.5 Å². The molecule has 0 saturated heterocycles. The molecule has 0 spiro atoms. The number of amides is 1. The number of rotatable bonds is 3. The van der Waals surface area contributed by atoms with Crippen LogP contribution in [-0.4, -0.2) is 35.3 Å². The van der Waals surface area contributed by atoms with Gasteiger partial charge in [-0.15, -0.1) is 0 Å². The number of alkyl halides is 3. The van der Waals surface area contributed by atoms with E-state index in [0.29, 0.717) is 27.1 Å². The molecule has 1 aromatic heterocycles. The monoisotopic (exact) mass is 391 g/mol. The topological polar surface area (TPSA) is 115 Å². The normalized spacial score (nSPS) is 10.5. The van der Waals surface area contributed by atoms with Crippen molar-refractivity contribution in [3.63, 3.8) is 0 Å². The van der Waals surface area contributed by atoms with Gasteiger partial charge >= 0.3 is 12.1 Å². The van der Waals surface area contributed by atoms with Crippen LogP contribution in [0, 0.1) is 13.8 Å². The number of ether oxygens (including phenoxy) is 1. The lowest BCUT2D eigenvalue weighted by Gasteiger charge is -2.12. The molecule has 0 bridgehead atoms. The van der Waals surface area contributed by atoms with Gasteiger partial charge in [0, 0.05) is 0 Å². The highest BCUT2D eigenvalue weighted by Gasteiger charge is 2.38. The van der Waals surface area contributed by atoms with E-state index in [2.05, 4.69) is 10.3 Å². The minimum Gasteiger partial charge on any atom is -0.495 e. The lowest BCUT2D eigenvalue weighted by atomic mass is 10.2. The Labute approximate surface area is 150 Å². The number of aliphatic carboxylic acids is 1. The average Bonchev–Trinajstić information content (AvgIpc) is 2.87. The van der Waals surface area contributed by atoms with Crippen molar-refractivity contribution in [1.82, 2.24) is 4.98 Å². The fraction of sp³-hybridized carbons (Fsp3) is 0.267. The fourth-order valence-corrected chi connectivity index (χ4v) is 2.50. The van der Waals surface area contributed by atoms with Crippen molar-refractivity contribution in [2.75, 3.05) is 18.2 Å². The zero-order valence-corrected chi connectivity index (χ0v) is 14.8. The molecule has 0 unspecified atom stereocenters. The number of thiazole rings is 1. The van der Waals surface area contributed by atoms with E-state index < -0.39 is 12.1 Å². The van der Waals surface area contributed by atoms with Crippen molar-refractivity contribution in [3.8, 4) is 5.75 Å². The number of para-hydroxylation sites is 1. The van der Waals surface area contributed by atoms with Crippen LogP contribution in [0.25, 0.3) is 0 Å². The van der Waals surface area contributed by atoms with Crippen molar-refractivity contribution in [1.29, 1.82) is 0 Å². The number of carboxylic acid groups (broad SMARTS) is 1. The number of benzene rings is 1. The summed E-state index contributed by atoms with van der Waals surface area (Å²) in [7, 11) is 1.57. The number of carbonyl (C=O) groups is 2. The van der Waals surface area contributed by atoms with E-state index in [9.17, 15) is 18.0 Å². The van der Waals surface area contributed by atoms with Gasteiger partial charge in [0.15, 0.2) is 5.13 Å². The molecule has 0 radical (unpaired) electrons. The second-order valence-electron chi connectivity index (χ2n) is 4.88. The Bertz CT molecular complexity index is 806. The minimum absolute atomic E-state index is 0.223. The van der Waals surface area contributed by atoms with E-state index in [0.717, 1.165) is 5.56 Å². The maximum absolute atomic E-state index is 12.2. The number of aromatic nitrogens is 1. The average molecular weight is 391 g/mol. The van der Waals surface area contributed by atoms with Gasteiger partial charge in [-0.2, -0.15) is 13.2 Å². The molecule has 1 amide bonds. The molecule has 0 fully saturated rings. The lowest BCUT2D eigenvalue weighted by Crippen LogP contribution is -2.21. The van der Waals surface area contributed by atoms with E-state index in [1.54, 1.807) is 20.1 Å². The third kappa shape index (κ3) is 5.62. The molecule has 0 atom stereocenters. The van der Waals surface area contributed by atoms with Gasteiger partial charge in [-0.25, -0.2) is 9.78 Å². The van der Waals surface area contributed by atoms with Crippen LogP contribution in [-0.2, 0) is 4.79 Å². The standard InChI is InChI=1S/C13H15N3O2S.C2HF3O2/c1-7-5-4-6-9(18-3)10(7)16-12(17)11-8(2)15-13(14)19-11;3-2(4,5)1(6)7/h4-6H,1-3H3,(H2,14,15)(H,16,17);(H,6,7). The van der Waals surface area contributed by atoms with E-state index in [4.69, 9.17) is 20.4 Å². The first-order valence-electron chi connectivity index (χ1n) is 6.95. The number of nitrogens with two attached hydrogens (primary N) is 1. The number of carbonyl (C=O) groups excluding carboxylic acids is 1. The van der Waals surface area contributed by atoms with E-state index >= 15 is 0 Å². The summed E-state index contributed by atoms with van der Waals surface area (Å²) >= 11 is 1.17. The maximum atomic E-state index is 12.2. The Hall–Kier alpha value is -2.82. The molecule has 2 aromatic rings. The first-order chi connectivity index (χ1) is 12.0. The van der Waals surface area contributed by atoms with Gasteiger partial charge in [0.2, 0.25) is 0 Å². The number of nitrogen functional groups attached to an aromatic ring is 1. The molecule has 1 heterocycles. The van der Waals surface area contributed by atoms with Gasteiger partial charge in [0.25, 0.3) is 5.91 Å². The Balaban J connectivity index is 0.000000412. The van der Waals surface area contributed by atoms with Crippen LogP contribution in [0.4, 0.5) is 24.0 Å². The fourth-order valence-electron chi connectivity index (χ4n) is 1.77. The Kier molecular flexibility index (Phi) is 6.95. The lowest BCUT2D eigenvalue weighted by molar-refractivity contribution is -0.192. The van der Waals surface area contributed by atoms with Gasteiger partial charge in [-0.05, 0) is 25.5 Å². The summed E-state index contributed by atoms with van der Waals surface area (Å²) in [6.07, 6.45) is -5.08. The first-order valence-corrected chi connectivity index (χ1v) is 7.77. The number of nitrogens with zero attached hydrogens (tertiary/aromatic N) is 1. The Morgan fingerprint density at radius 1 is 1.31 bits per heavy atom. The predicted octanol–water partition coefficient (Wildman–Crippen LogP) is 3.24. The summed E-state index contributed by atoms with van der Waals surface area (Å²) in [5, 5.41) is 10.4. The highest BCUT2D eigenvalue weighted by molar-refractivity contribution is 7.17. The van der Waals surface area contributed by atoms with Crippen LogP contribution in [0.3, 0.4) is 0 Å². The zero-order chi connectivity index (χ0) is 20.1. The molecule has 142 valence electrons. The summed E-state index contributed by atoms with van der Waals surface area (Å²) in [5.41, 5.74) is 7.83. The zero-order valence-electron chi connectivity index (χ0n) is 14.0. The molecular weight excluding hydrogens is 375 g/mol. The third-order valence-corrected chi connectivity index (χ3v) is 3.94. The largest absolute Gasteiger partial charge is 0.495 e. The molecular formula is C15H16F3N3O4S. The number of hydrogen-bond acceptors (Lipinski definition) is 6. The van der Waals surface area contributed by atoms with Gasteiger partial charge in [0.1, 0.15) is 10.6 Å². The van der Waals surface area contributed by atoms with Crippen molar-refractivity contribution >= 4 is 34.0 Å². The van der Waals surface area contributed by atoms with Crippen molar-refractivity contribution in [2.24, 2.45) is 0 Å². The highest BCUT2D eigenvalue weighted by Crippen LogP contribution is 2.29. The van der Waals surface area contributed by atoms with Gasteiger partial charge in [-0.1, -0.05) is 23.5 Å². The van der Waals surface area contributed by atoms with Crippen molar-refractivity contribution < 1.29 is 32.6 Å². The molecule has 11 heteroatoms. The number of carboxylic acids is 1. The summed E-state index contributed by atoms with van der Waals surface area (Å²) in [6.45, 7) is 3.67. The molecule has 0 aliphatic carbocycles. The quantitative estimate of drug-likeness (QED) is 0.740. The second kappa shape index (κ2) is 8.52. The van der Waals surface area contributed by atoms with Gasteiger partial charge in [-0.3, -0.25) is 4.79 Å². The number of anilines is 2. The Morgan fingerprint density at radius 3 is 2.31 bits per heavy atom. The molecule has 0 saturated carbocycles. The number of hydrogen-bond donors (Lipinski definition) is 3. The van der Waals surface area contributed by atoms with Crippen LogP contribution in [0.1, 0.15) is 20.9 Å². The van der Waals surface area contributed by atoms with Crippen LogP contribution in [0.15, 0.2) is 18.2 Å². The highest BCUT2D eigenvalue weighted by atomic mass is 32.1. The van der Waals surface area contributed by atoms with Gasteiger partial charge < -0.3 is 20.9 Å². The smallest absolute Gasteiger partial charge is 0.490 e.